The second-order valence-corrected chi connectivity index (χ2v) is 4.54. The quantitative estimate of drug-likeness (QED) is 0.774. The largest absolute Gasteiger partial charge is 0.507 e. The van der Waals surface area contributed by atoms with E-state index in [-0.39, 0.29) is 11.3 Å². The van der Waals surface area contributed by atoms with Gasteiger partial charge in [-0.25, -0.2) is 4.98 Å². The first-order chi connectivity index (χ1) is 10.2. The number of aromatic nitrogens is 2. The molecule has 0 bridgehead atoms. The maximum absolute atomic E-state index is 12.1. The van der Waals surface area contributed by atoms with E-state index in [4.69, 9.17) is 4.74 Å². The lowest BCUT2D eigenvalue weighted by molar-refractivity contribution is 0.338. The lowest BCUT2D eigenvalue weighted by Crippen LogP contribution is -2.09. The molecule has 0 spiro atoms. The van der Waals surface area contributed by atoms with E-state index in [9.17, 15) is 9.90 Å². The van der Waals surface area contributed by atoms with Crippen LogP contribution in [0.1, 0.15) is 6.92 Å². The summed E-state index contributed by atoms with van der Waals surface area (Å²) in [6.07, 6.45) is 0. The number of nitrogens with one attached hydrogen (secondary N) is 1. The minimum atomic E-state index is -0.233. The average Bonchev–Trinajstić information content (AvgIpc) is 2.48. The summed E-state index contributed by atoms with van der Waals surface area (Å²) in [5.41, 5.74) is 0.815. The van der Waals surface area contributed by atoms with Crippen molar-refractivity contribution in [3.05, 3.63) is 52.8 Å². The van der Waals surface area contributed by atoms with Gasteiger partial charge in [-0.15, -0.1) is 0 Å². The molecule has 0 amide bonds. The predicted molar refractivity (Wildman–Crippen MR) is 80.6 cm³/mol. The molecule has 1 aromatic heterocycles. The van der Waals surface area contributed by atoms with Gasteiger partial charge in [0, 0.05) is 6.07 Å². The van der Waals surface area contributed by atoms with Gasteiger partial charge in [-0.1, -0.05) is 12.1 Å². The number of ether oxygens (including phenoxy) is 1. The molecule has 0 unspecified atom stereocenters. The van der Waals surface area contributed by atoms with E-state index in [2.05, 4.69) is 9.97 Å². The minimum Gasteiger partial charge on any atom is -0.507 e. The highest BCUT2D eigenvalue weighted by molar-refractivity contribution is 5.80. The molecule has 2 N–H and O–H groups in total. The van der Waals surface area contributed by atoms with Gasteiger partial charge in [-0.05, 0) is 31.2 Å². The second kappa shape index (κ2) is 5.28. The summed E-state index contributed by atoms with van der Waals surface area (Å²) in [4.78, 5) is 19.1. The molecule has 21 heavy (non-hydrogen) atoms. The molecule has 2 aromatic carbocycles. The number of phenolic OH excluding ortho intramolecular Hbond substituents is 1. The number of rotatable bonds is 3. The lowest BCUT2D eigenvalue weighted by Gasteiger charge is -2.08. The third kappa shape index (κ3) is 2.45. The molecule has 0 atom stereocenters. The van der Waals surface area contributed by atoms with Crippen molar-refractivity contribution in [3.8, 4) is 22.9 Å². The first-order valence-corrected chi connectivity index (χ1v) is 6.64. The van der Waals surface area contributed by atoms with Crippen LogP contribution in [0.3, 0.4) is 0 Å². The third-order valence-electron chi connectivity index (χ3n) is 3.15. The van der Waals surface area contributed by atoms with Gasteiger partial charge in [0.05, 0.1) is 23.1 Å². The van der Waals surface area contributed by atoms with Crippen LogP contribution in [0, 0.1) is 0 Å². The van der Waals surface area contributed by atoms with Crippen molar-refractivity contribution in [2.24, 2.45) is 0 Å². The molecule has 5 nitrogen and oxygen atoms in total. The van der Waals surface area contributed by atoms with E-state index in [1.54, 1.807) is 30.3 Å². The highest BCUT2D eigenvalue weighted by Crippen LogP contribution is 2.30. The highest BCUT2D eigenvalue weighted by Gasteiger charge is 2.10. The monoisotopic (exact) mass is 282 g/mol. The Morgan fingerprint density at radius 1 is 1.24 bits per heavy atom. The summed E-state index contributed by atoms with van der Waals surface area (Å²) in [6, 6.07) is 12.0. The van der Waals surface area contributed by atoms with Crippen LogP contribution in [0.25, 0.3) is 22.3 Å². The van der Waals surface area contributed by atoms with Crippen LogP contribution < -0.4 is 10.3 Å². The molecule has 5 heteroatoms. The Bertz CT molecular complexity index is 856. The zero-order chi connectivity index (χ0) is 14.8. The standard InChI is InChI=1S/C16H14N2O3/c1-2-21-10-7-8-12(14(19)9-10)15-17-13-6-4-3-5-11(13)16(20)18-15/h3-9,19H,2H2,1H3,(H,17,18,20). The lowest BCUT2D eigenvalue weighted by atomic mass is 10.1. The van der Waals surface area contributed by atoms with Crippen LogP contribution in [0.4, 0.5) is 0 Å². The Hall–Kier alpha value is -2.82. The Kier molecular flexibility index (Phi) is 3.31. The van der Waals surface area contributed by atoms with Gasteiger partial charge < -0.3 is 14.8 Å². The van der Waals surface area contributed by atoms with Crippen LogP contribution in [-0.2, 0) is 0 Å². The van der Waals surface area contributed by atoms with Gasteiger partial charge in [0.2, 0.25) is 0 Å². The number of aromatic amines is 1. The Morgan fingerprint density at radius 2 is 2.05 bits per heavy atom. The number of para-hydroxylation sites is 1. The highest BCUT2D eigenvalue weighted by atomic mass is 16.5. The van der Waals surface area contributed by atoms with Crippen molar-refractivity contribution in [1.82, 2.24) is 9.97 Å². The summed E-state index contributed by atoms with van der Waals surface area (Å²) in [5.74, 6) is 0.917. The van der Waals surface area contributed by atoms with E-state index >= 15 is 0 Å². The molecular formula is C16H14N2O3. The first kappa shape index (κ1) is 13.2. The summed E-state index contributed by atoms with van der Waals surface area (Å²) in [6.45, 7) is 2.39. The molecule has 0 aliphatic heterocycles. The zero-order valence-electron chi connectivity index (χ0n) is 11.5. The molecular weight excluding hydrogens is 268 g/mol. The summed E-state index contributed by atoms with van der Waals surface area (Å²) in [7, 11) is 0. The molecule has 0 fully saturated rings. The number of aromatic hydroxyl groups is 1. The van der Waals surface area contributed by atoms with Gasteiger partial charge in [0.25, 0.3) is 5.56 Å². The first-order valence-electron chi connectivity index (χ1n) is 6.64. The number of fused-ring (bicyclic) bond motifs is 1. The molecule has 0 saturated heterocycles. The van der Waals surface area contributed by atoms with E-state index in [1.807, 2.05) is 13.0 Å². The normalized spacial score (nSPS) is 10.7. The van der Waals surface area contributed by atoms with Gasteiger partial charge in [-0.3, -0.25) is 4.79 Å². The summed E-state index contributed by atoms with van der Waals surface area (Å²) >= 11 is 0. The van der Waals surface area contributed by atoms with Gasteiger partial charge >= 0.3 is 0 Å². The summed E-state index contributed by atoms with van der Waals surface area (Å²) < 4.78 is 5.32. The number of hydrogen-bond acceptors (Lipinski definition) is 4. The van der Waals surface area contributed by atoms with Crippen molar-refractivity contribution in [1.29, 1.82) is 0 Å². The van der Waals surface area contributed by atoms with Crippen molar-refractivity contribution in [2.75, 3.05) is 6.61 Å². The number of benzene rings is 2. The Morgan fingerprint density at radius 3 is 2.81 bits per heavy atom. The maximum Gasteiger partial charge on any atom is 0.259 e. The fourth-order valence-electron chi connectivity index (χ4n) is 2.18. The molecule has 0 saturated carbocycles. The van der Waals surface area contributed by atoms with Crippen LogP contribution >= 0.6 is 0 Å². The van der Waals surface area contributed by atoms with E-state index < -0.39 is 0 Å². The number of nitrogens with zero attached hydrogens (tertiary/aromatic N) is 1. The van der Waals surface area contributed by atoms with Gasteiger partial charge in [-0.2, -0.15) is 0 Å². The molecule has 0 radical (unpaired) electrons. The van der Waals surface area contributed by atoms with Crippen molar-refractivity contribution in [2.45, 2.75) is 6.92 Å². The maximum atomic E-state index is 12.1. The minimum absolute atomic E-state index is 0.0133. The van der Waals surface area contributed by atoms with Gasteiger partial charge in [0.15, 0.2) is 0 Å². The summed E-state index contributed by atoms with van der Waals surface area (Å²) in [5, 5.41) is 10.6. The third-order valence-corrected chi connectivity index (χ3v) is 3.15. The Balaban J connectivity index is 2.14. The van der Waals surface area contributed by atoms with Crippen LogP contribution in [-0.4, -0.2) is 21.7 Å². The number of hydrogen-bond donors (Lipinski definition) is 2. The SMILES string of the molecule is CCOc1ccc(-c2nc3ccccc3c(=O)[nH]2)c(O)c1. The predicted octanol–water partition coefficient (Wildman–Crippen LogP) is 2.69. The topological polar surface area (TPSA) is 75.2 Å². The Labute approximate surface area is 120 Å². The number of phenols is 1. The number of H-pyrrole nitrogens is 1. The second-order valence-electron chi connectivity index (χ2n) is 4.54. The fourth-order valence-corrected chi connectivity index (χ4v) is 2.18. The smallest absolute Gasteiger partial charge is 0.259 e. The van der Waals surface area contributed by atoms with Crippen LogP contribution in [0.15, 0.2) is 47.3 Å². The molecule has 3 rings (SSSR count). The molecule has 106 valence electrons. The average molecular weight is 282 g/mol. The van der Waals surface area contributed by atoms with E-state index in [1.165, 1.54) is 6.07 Å². The van der Waals surface area contributed by atoms with Gasteiger partial charge in [0.1, 0.15) is 17.3 Å². The fraction of sp³-hybridized carbons (Fsp3) is 0.125. The van der Waals surface area contributed by atoms with E-state index in [0.29, 0.717) is 34.6 Å². The van der Waals surface area contributed by atoms with Crippen LogP contribution in [0.2, 0.25) is 0 Å². The molecule has 3 aromatic rings. The molecule has 1 heterocycles. The van der Waals surface area contributed by atoms with Crippen molar-refractivity contribution < 1.29 is 9.84 Å². The van der Waals surface area contributed by atoms with Crippen molar-refractivity contribution >= 4 is 10.9 Å². The molecule has 0 aliphatic carbocycles. The zero-order valence-corrected chi connectivity index (χ0v) is 11.5. The van der Waals surface area contributed by atoms with Crippen LogP contribution in [0.5, 0.6) is 11.5 Å². The van der Waals surface area contributed by atoms with Crippen molar-refractivity contribution in [3.63, 3.8) is 0 Å². The molecule has 0 aliphatic rings. The van der Waals surface area contributed by atoms with E-state index in [0.717, 1.165) is 0 Å².